The SMILES string of the molecule is CCCCCN(C)c1ccc(CC(N)CC)cc1. The van der Waals surface area contributed by atoms with Gasteiger partial charge in [0.05, 0.1) is 0 Å². The third kappa shape index (κ3) is 5.09. The lowest BCUT2D eigenvalue weighted by Crippen LogP contribution is -2.21. The fraction of sp³-hybridized carbons (Fsp3) is 0.625. The van der Waals surface area contributed by atoms with Gasteiger partial charge in [-0.1, -0.05) is 38.8 Å². The fourth-order valence-corrected chi connectivity index (χ4v) is 2.06. The summed E-state index contributed by atoms with van der Waals surface area (Å²) in [6.45, 7) is 5.52. The molecule has 0 heterocycles. The second kappa shape index (κ2) is 8.15. The summed E-state index contributed by atoms with van der Waals surface area (Å²) in [4.78, 5) is 2.33. The van der Waals surface area contributed by atoms with Gasteiger partial charge in [-0.3, -0.25) is 0 Å². The van der Waals surface area contributed by atoms with Gasteiger partial charge in [-0.15, -0.1) is 0 Å². The van der Waals surface area contributed by atoms with E-state index in [0.717, 1.165) is 19.4 Å². The molecule has 0 radical (unpaired) electrons. The summed E-state index contributed by atoms with van der Waals surface area (Å²) in [5.41, 5.74) is 8.62. The number of rotatable bonds is 8. The quantitative estimate of drug-likeness (QED) is 0.712. The van der Waals surface area contributed by atoms with E-state index < -0.39 is 0 Å². The summed E-state index contributed by atoms with van der Waals surface area (Å²) < 4.78 is 0. The van der Waals surface area contributed by atoms with Gasteiger partial charge < -0.3 is 10.6 Å². The summed E-state index contributed by atoms with van der Waals surface area (Å²) in [5, 5.41) is 0. The van der Waals surface area contributed by atoms with Gasteiger partial charge in [0.15, 0.2) is 0 Å². The van der Waals surface area contributed by atoms with Crippen molar-refractivity contribution in [3.05, 3.63) is 29.8 Å². The third-order valence-electron chi connectivity index (χ3n) is 3.50. The van der Waals surface area contributed by atoms with Crippen molar-refractivity contribution >= 4 is 5.69 Å². The van der Waals surface area contributed by atoms with E-state index in [2.05, 4.69) is 50.1 Å². The summed E-state index contributed by atoms with van der Waals surface area (Å²) in [6.07, 6.45) is 5.89. The molecular weight excluding hydrogens is 220 g/mol. The van der Waals surface area contributed by atoms with Gasteiger partial charge in [0.2, 0.25) is 0 Å². The molecule has 1 unspecified atom stereocenters. The molecular formula is C16H28N2. The van der Waals surface area contributed by atoms with Crippen LogP contribution in [0.1, 0.15) is 45.1 Å². The van der Waals surface area contributed by atoms with E-state index in [1.807, 2.05) is 0 Å². The van der Waals surface area contributed by atoms with Gasteiger partial charge in [0, 0.05) is 25.3 Å². The van der Waals surface area contributed by atoms with E-state index >= 15 is 0 Å². The first-order chi connectivity index (χ1) is 8.67. The van der Waals surface area contributed by atoms with E-state index in [0.29, 0.717) is 0 Å². The topological polar surface area (TPSA) is 29.3 Å². The molecule has 1 rings (SSSR count). The van der Waals surface area contributed by atoms with Crippen molar-refractivity contribution in [1.82, 2.24) is 0 Å². The lowest BCUT2D eigenvalue weighted by Gasteiger charge is -2.19. The first kappa shape index (κ1) is 15.0. The number of anilines is 1. The maximum absolute atomic E-state index is 5.97. The summed E-state index contributed by atoms with van der Waals surface area (Å²) in [7, 11) is 2.17. The average Bonchev–Trinajstić information content (AvgIpc) is 2.39. The first-order valence-corrected chi connectivity index (χ1v) is 7.23. The highest BCUT2D eigenvalue weighted by Gasteiger charge is 2.03. The average molecular weight is 248 g/mol. The molecule has 102 valence electrons. The Bertz CT molecular complexity index is 318. The molecule has 18 heavy (non-hydrogen) atoms. The maximum Gasteiger partial charge on any atom is 0.0363 e. The minimum atomic E-state index is 0.290. The van der Waals surface area contributed by atoms with Crippen LogP contribution in [0.25, 0.3) is 0 Å². The third-order valence-corrected chi connectivity index (χ3v) is 3.50. The van der Waals surface area contributed by atoms with Crippen LogP contribution in [0, 0.1) is 0 Å². The summed E-state index contributed by atoms with van der Waals surface area (Å²) in [5.74, 6) is 0. The van der Waals surface area contributed by atoms with E-state index in [1.54, 1.807) is 0 Å². The minimum absolute atomic E-state index is 0.290. The standard InChI is InChI=1S/C16H28N2/c1-4-6-7-12-18(3)16-10-8-14(9-11-16)13-15(17)5-2/h8-11,15H,4-7,12-13,17H2,1-3H3. The molecule has 1 aromatic rings. The van der Waals surface area contributed by atoms with Crippen LogP contribution < -0.4 is 10.6 Å². The van der Waals surface area contributed by atoms with Gasteiger partial charge in [-0.2, -0.15) is 0 Å². The Morgan fingerprint density at radius 1 is 1.11 bits per heavy atom. The molecule has 2 N–H and O–H groups in total. The van der Waals surface area contributed by atoms with Crippen molar-refractivity contribution in [3.63, 3.8) is 0 Å². The number of hydrogen-bond donors (Lipinski definition) is 1. The van der Waals surface area contributed by atoms with Crippen molar-refractivity contribution in [2.45, 2.75) is 52.0 Å². The monoisotopic (exact) mass is 248 g/mol. The predicted octanol–water partition coefficient (Wildman–Crippen LogP) is 3.59. The molecule has 2 heteroatoms. The number of benzene rings is 1. The Morgan fingerprint density at radius 3 is 2.33 bits per heavy atom. The van der Waals surface area contributed by atoms with Crippen LogP contribution in [-0.2, 0) is 6.42 Å². The molecule has 0 saturated carbocycles. The van der Waals surface area contributed by atoms with Gasteiger partial charge >= 0.3 is 0 Å². The van der Waals surface area contributed by atoms with Crippen LogP contribution in [0.4, 0.5) is 5.69 Å². The molecule has 1 aromatic carbocycles. The molecule has 0 amide bonds. The Morgan fingerprint density at radius 2 is 1.78 bits per heavy atom. The van der Waals surface area contributed by atoms with Crippen molar-refractivity contribution in [2.75, 3.05) is 18.5 Å². The van der Waals surface area contributed by atoms with Crippen LogP contribution in [-0.4, -0.2) is 19.6 Å². The van der Waals surface area contributed by atoms with Crippen LogP contribution >= 0.6 is 0 Å². The van der Waals surface area contributed by atoms with Crippen LogP contribution in [0.15, 0.2) is 24.3 Å². The molecule has 0 spiro atoms. The zero-order valence-electron chi connectivity index (χ0n) is 12.2. The number of hydrogen-bond acceptors (Lipinski definition) is 2. The molecule has 0 aromatic heterocycles. The Balaban J connectivity index is 2.48. The Kier molecular flexibility index (Phi) is 6.81. The van der Waals surface area contributed by atoms with E-state index in [-0.39, 0.29) is 6.04 Å². The predicted molar refractivity (Wildman–Crippen MR) is 81.2 cm³/mol. The van der Waals surface area contributed by atoms with Crippen molar-refractivity contribution < 1.29 is 0 Å². The van der Waals surface area contributed by atoms with E-state index in [1.165, 1.54) is 30.5 Å². The Labute approximate surface area is 112 Å². The second-order valence-electron chi connectivity index (χ2n) is 5.17. The van der Waals surface area contributed by atoms with Crippen LogP contribution in [0.3, 0.4) is 0 Å². The zero-order valence-corrected chi connectivity index (χ0v) is 12.2. The highest BCUT2D eigenvalue weighted by molar-refractivity contribution is 5.46. The molecule has 2 nitrogen and oxygen atoms in total. The number of nitrogens with zero attached hydrogens (tertiary/aromatic N) is 1. The van der Waals surface area contributed by atoms with E-state index in [4.69, 9.17) is 5.73 Å². The van der Waals surface area contributed by atoms with Gasteiger partial charge in [0.1, 0.15) is 0 Å². The molecule has 0 aliphatic carbocycles. The lowest BCUT2D eigenvalue weighted by molar-refractivity contribution is 0.646. The molecule has 1 atom stereocenters. The largest absolute Gasteiger partial charge is 0.375 e. The number of unbranched alkanes of at least 4 members (excludes halogenated alkanes) is 2. The molecule has 0 bridgehead atoms. The van der Waals surface area contributed by atoms with Crippen molar-refractivity contribution in [2.24, 2.45) is 5.73 Å². The summed E-state index contributed by atoms with van der Waals surface area (Å²) >= 11 is 0. The molecule has 0 saturated heterocycles. The van der Waals surface area contributed by atoms with Crippen LogP contribution in [0.2, 0.25) is 0 Å². The van der Waals surface area contributed by atoms with Crippen molar-refractivity contribution in [1.29, 1.82) is 0 Å². The second-order valence-corrected chi connectivity index (χ2v) is 5.17. The Hall–Kier alpha value is -1.02. The highest BCUT2D eigenvalue weighted by Crippen LogP contribution is 2.15. The molecule has 0 aliphatic heterocycles. The highest BCUT2D eigenvalue weighted by atomic mass is 15.1. The molecule has 0 aliphatic rings. The van der Waals surface area contributed by atoms with Gasteiger partial charge in [-0.25, -0.2) is 0 Å². The van der Waals surface area contributed by atoms with Crippen LogP contribution in [0.5, 0.6) is 0 Å². The fourth-order valence-electron chi connectivity index (χ4n) is 2.06. The smallest absolute Gasteiger partial charge is 0.0363 e. The van der Waals surface area contributed by atoms with Gasteiger partial charge in [0.25, 0.3) is 0 Å². The number of nitrogens with two attached hydrogens (primary N) is 1. The maximum atomic E-state index is 5.97. The minimum Gasteiger partial charge on any atom is -0.375 e. The van der Waals surface area contributed by atoms with E-state index in [9.17, 15) is 0 Å². The summed E-state index contributed by atoms with van der Waals surface area (Å²) in [6, 6.07) is 9.13. The normalized spacial score (nSPS) is 12.4. The van der Waals surface area contributed by atoms with Gasteiger partial charge in [-0.05, 0) is 37.0 Å². The molecule has 0 fully saturated rings. The first-order valence-electron chi connectivity index (χ1n) is 7.23. The zero-order chi connectivity index (χ0) is 13.4. The lowest BCUT2D eigenvalue weighted by atomic mass is 10.0. The van der Waals surface area contributed by atoms with Crippen molar-refractivity contribution in [3.8, 4) is 0 Å².